The lowest BCUT2D eigenvalue weighted by atomic mass is 10.1. The van der Waals surface area contributed by atoms with E-state index in [1.54, 1.807) is 4.57 Å². The lowest BCUT2D eigenvalue weighted by molar-refractivity contribution is 0.855. The Balaban J connectivity index is 2.05. The van der Waals surface area contributed by atoms with Gasteiger partial charge in [0.15, 0.2) is 0 Å². The average molecular weight is 322 g/mol. The van der Waals surface area contributed by atoms with Gasteiger partial charge in [-0.15, -0.1) is 10.2 Å². The van der Waals surface area contributed by atoms with Crippen LogP contribution in [0, 0.1) is 6.92 Å². The molecule has 0 N–H and O–H groups in total. The zero-order chi connectivity index (χ0) is 16.0. The van der Waals surface area contributed by atoms with Crippen LogP contribution < -0.4 is 5.56 Å². The maximum absolute atomic E-state index is 13.0. The smallest absolute Gasteiger partial charge is 0.267 e. The van der Waals surface area contributed by atoms with Crippen LogP contribution in [0.15, 0.2) is 41.2 Å². The number of aromatic nitrogens is 4. The summed E-state index contributed by atoms with van der Waals surface area (Å²) >= 11 is 1.43. The molecule has 0 saturated heterocycles. The molecule has 4 aromatic rings. The van der Waals surface area contributed by atoms with E-state index in [1.807, 2.05) is 50.2 Å². The topological polar surface area (TPSA) is 60.7 Å². The van der Waals surface area contributed by atoms with Crippen LogP contribution in [0.3, 0.4) is 0 Å². The van der Waals surface area contributed by atoms with Crippen molar-refractivity contribution in [3.63, 3.8) is 0 Å². The van der Waals surface area contributed by atoms with Crippen molar-refractivity contribution in [2.75, 3.05) is 0 Å². The highest BCUT2D eigenvalue weighted by Crippen LogP contribution is 2.21. The van der Waals surface area contributed by atoms with Crippen LogP contribution in [0.5, 0.6) is 0 Å². The van der Waals surface area contributed by atoms with Gasteiger partial charge in [0.1, 0.15) is 10.8 Å². The molecule has 2 aromatic carbocycles. The van der Waals surface area contributed by atoms with Gasteiger partial charge in [-0.1, -0.05) is 42.5 Å². The van der Waals surface area contributed by atoms with E-state index in [0.29, 0.717) is 21.9 Å². The molecule has 0 saturated carbocycles. The van der Waals surface area contributed by atoms with Gasteiger partial charge < -0.3 is 0 Å². The summed E-state index contributed by atoms with van der Waals surface area (Å²) in [5.41, 5.74) is 0.611. The minimum Gasteiger partial charge on any atom is -0.268 e. The van der Waals surface area contributed by atoms with Gasteiger partial charge in [0.25, 0.3) is 5.56 Å². The highest BCUT2D eigenvalue weighted by molar-refractivity contribution is 7.13. The van der Waals surface area contributed by atoms with Gasteiger partial charge >= 0.3 is 0 Å². The molecule has 0 amide bonds. The Morgan fingerprint density at radius 3 is 2.57 bits per heavy atom. The van der Waals surface area contributed by atoms with Crippen molar-refractivity contribution in [2.45, 2.75) is 20.3 Å². The molecule has 2 heterocycles. The molecule has 0 radical (unpaired) electrons. The van der Waals surface area contributed by atoms with Gasteiger partial charge in [-0.05, 0) is 36.2 Å². The molecule has 4 rings (SSSR count). The molecule has 0 aliphatic carbocycles. The van der Waals surface area contributed by atoms with Crippen molar-refractivity contribution in [3.8, 4) is 5.13 Å². The Kier molecular flexibility index (Phi) is 3.20. The maximum Gasteiger partial charge on any atom is 0.267 e. The third-order valence-corrected chi connectivity index (χ3v) is 4.91. The summed E-state index contributed by atoms with van der Waals surface area (Å²) in [7, 11) is 0. The molecular formula is C17H14N4OS. The largest absolute Gasteiger partial charge is 0.268 e. The molecule has 114 valence electrons. The van der Waals surface area contributed by atoms with Crippen LogP contribution in [-0.2, 0) is 6.42 Å². The predicted molar refractivity (Wildman–Crippen MR) is 92.4 cm³/mol. The van der Waals surface area contributed by atoms with Gasteiger partial charge in [-0.2, -0.15) is 0 Å². The van der Waals surface area contributed by atoms with Crippen molar-refractivity contribution in [3.05, 3.63) is 57.6 Å². The zero-order valence-corrected chi connectivity index (χ0v) is 13.6. The Morgan fingerprint density at radius 1 is 1.13 bits per heavy atom. The molecule has 2 aromatic heterocycles. The maximum atomic E-state index is 13.0. The van der Waals surface area contributed by atoms with Crippen molar-refractivity contribution >= 4 is 33.0 Å². The molecule has 0 bridgehead atoms. The number of fused-ring (bicyclic) bond motifs is 2. The highest BCUT2D eigenvalue weighted by Gasteiger charge is 2.14. The first-order valence-electron chi connectivity index (χ1n) is 7.42. The average Bonchev–Trinajstić information content (AvgIpc) is 3.02. The fourth-order valence-electron chi connectivity index (χ4n) is 2.69. The van der Waals surface area contributed by atoms with Crippen LogP contribution in [-0.4, -0.2) is 19.7 Å². The minimum atomic E-state index is -0.0999. The number of aryl methyl sites for hydroxylation is 2. The fourth-order valence-corrected chi connectivity index (χ4v) is 3.51. The number of rotatable bonds is 2. The second kappa shape index (κ2) is 5.24. The van der Waals surface area contributed by atoms with Crippen molar-refractivity contribution < 1.29 is 0 Å². The summed E-state index contributed by atoms with van der Waals surface area (Å²) < 4.78 is 1.55. The summed E-state index contributed by atoms with van der Waals surface area (Å²) in [6.07, 6.45) is 0.803. The molecule has 0 fully saturated rings. The molecule has 5 nitrogen and oxygen atoms in total. The number of hydrogen-bond donors (Lipinski definition) is 0. The summed E-state index contributed by atoms with van der Waals surface area (Å²) in [4.78, 5) is 17.6. The van der Waals surface area contributed by atoms with E-state index in [0.717, 1.165) is 22.2 Å². The Morgan fingerprint density at radius 2 is 1.87 bits per heavy atom. The summed E-state index contributed by atoms with van der Waals surface area (Å²) in [6, 6.07) is 11.8. The first-order valence-corrected chi connectivity index (χ1v) is 8.24. The molecule has 23 heavy (non-hydrogen) atoms. The number of nitrogens with zero attached hydrogens (tertiary/aromatic N) is 4. The van der Waals surface area contributed by atoms with E-state index >= 15 is 0 Å². The molecule has 0 aliphatic heterocycles. The summed E-state index contributed by atoms with van der Waals surface area (Å²) in [6.45, 7) is 3.84. The zero-order valence-electron chi connectivity index (χ0n) is 12.8. The molecule has 0 aliphatic rings. The third kappa shape index (κ3) is 2.22. The molecule has 0 spiro atoms. The SMILES string of the molecule is CCc1nnc(-n2c(C)nc3cc4ccccc4cc3c2=O)s1. The summed E-state index contributed by atoms with van der Waals surface area (Å²) in [5.74, 6) is 0.622. The van der Waals surface area contributed by atoms with Crippen molar-refractivity contribution in [2.24, 2.45) is 0 Å². The van der Waals surface area contributed by atoms with Crippen molar-refractivity contribution in [1.82, 2.24) is 19.7 Å². The number of benzene rings is 2. The second-order valence-corrected chi connectivity index (χ2v) is 6.39. The lowest BCUT2D eigenvalue weighted by Gasteiger charge is -2.08. The van der Waals surface area contributed by atoms with Gasteiger partial charge in [-0.25, -0.2) is 9.55 Å². The quantitative estimate of drug-likeness (QED) is 0.531. The van der Waals surface area contributed by atoms with Crippen LogP contribution in [0.1, 0.15) is 17.8 Å². The van der Waals surface area contributed by atoms with E-state index < -0.39 is 0 Å². The summed E-state index contributed by atoms with van der Waals surface area (Å²) in [5, 5.41) is 12.4. The lowest BCUT2D eigenvalue weighted by Crippen LogP contribution is -2.22. The normalized spacial score (nSPS) is 11.4. The predicted octanol–water partition coefficient (Wildman–Crippen LogP) is 3.26. The van der Waals surface area contributed by atoms with E-state index in [9.17, 15) is 4.79 Å². The monoisotopic (exact) mass is 322 g/mol. The van der Waals surface area contributed by atoms with E-state index in [2.05, 4.69) is 15.2 Å². The highest BCUT2D eigenvalue weighted by atomic mass is 32.1. The van der Waals surface area contributed by atoms with E-state index in [1.165, 1.54) is 11.3 Å². The Labute approximate surface area is 136 Å². The van der Waals surface area contributed by atoms with Gasteiger partial charge in [0, 0.05) is 0 Å². The van der Waals surface area contributed by atoms with Crippen LogP contribution in [0.4, 0.5) is 0 Å². The van der Waals surface area contributed by atoms with Crippen LogP contribution in [0.2, 0.25) is 0 Å². The molecular weight excluding hydrogens is 308 g/mol. The Hall–Kier alpha value is -2.60. The van der Waals surface area contributed by atoms with Gasteiger partial charge in [0.2, 0.25) is 5.13 Å². The van der Waals surface area contributed by atoms with E-state index in [4.69, 9.17) is 0 Å². The number of hydrogen-bond acceptors (Lipinski definition) is 5. The minimum absolute atomic E-state index is 0.0999. The molecule has 0 unspecified atom stereocenters. The van der Waals surface area contributed by atoms with Gasteiger partial charge in [0.05, 0.1) is 10.9 Å². The van der Waals surface area contributed by atoms with Gasteiger partial charge in [-0.3, -0.25) is 4.79 Å². The van der Waals surface area contributed by atoms with Crippen LogP contribution in [0.25, 0.3) is 26.8 Å². The first kappa shape index (κ1) is 14.0. The Bertz CT molecular complexity index is 1100. The fraction of sp³-hybridized carbons (Fsp3) is 0.176. The third-order valence-electron chi connectivity index (χ3n) is 3.85. The van der Waals surface area contributed by atoms with E-state index in [-0.39, 0.29) is 5.56 Å². The standard InChI is InChI=1S/C17H14N4OS/c1-3-15-19-20-17(23-15)21-10(2)18-14-9-12-7-5-4-6-11(12)8-13(14)16(21)22/h4-9H,3H2,1-2H3. The van der Waals surface area contributed by atoms with Crippen LogP contribution >= 0.6 is 11.3 Å². The molecule has 0 atom stereocenters. The second-order valence-electron chi connectivity index (χ2n) is 5.35. The molecule has 6 heteroatoms. The first-order chi connectivity index (χ1) is 11.2. The van der Waals surface area contributed by atoms with Crippen molar-refractivity contribution in [1.29, 1.82) is 0 Å².